The standard InChI is InChI=1S/C7H10N2O3/c1-3-12-7(11)9(2)6(10)4-5-8/h3-4H2,1-2H3. The molecule has 0 aromatic heterocycles. The highest BCUT2D eigenvalue weighted by Crippen LogP contribution is 1.93. The van der Waals surface area contributed by atoms with Crippen LogP contribution in [0, 0.1) is 11.3 Å². The Bertz CT molecular complexity index is 219. The summed E-state index contributed by atoms with van der Waals surface area (Å²) in [5.74, 6) is -0.559. The van der Waals surface area contributed by atoms with Gasteiger partial charge in [0.25, 0.3) is 0 Å². The minimum Gasteiger partial charge on any atom is -0.449 e. The third-order valence-electron chi connectivity index (χ3n) is 1.15. The number of amides is 2. The van der Waals surface area contributed by atoms with Crippen LogP contribution in [0.15, 0.2) is 0 Å². The van der Waals surface area contributed by atoms with Crippen molar-refractivity contribution in [3.05, 3.63) is 0 Å². The van der Waals surface area contributed by atoms with Crippen molar-refractivity contribution in [2.75, 3.05) is 13.7 Å². The lowest BCUT2D eigenvalue weighted by atomic mass is 10.4. The van der Waals surface area contributed by atoms with Gasteiger partial charge in [-0.15, -0.1) is 0 Å². The van der Waals surface area contributed by atoms with Crippen LogP contribution in [0.5, 0.6) is 0 Å². The number of carbonyl (C=O) groups is 2. The Kier molecular flexibility index (Phi) is 4.46. The van der Waals surface area contributed by atoms with Crippen LogP contribution in [0.1, 0.15) is 13.3 Å². The zero-order chi connectivity index (χ0) is 9.56. The number of imide groups is 1. The number of hydrogen-bond donors (Lipinski definition) is 0. The van der Waals surface area contributed by atoms with E-state index in [9.17, 15) is 9.59 Å². The number of nitrogens with zero attached hydrogens (tertiary/aromatic N) is 2. The van der Waals surface area contributed by atoms with Crippen LogP contribution in [-0.4, -0.2) is 30.6 Å². The molecule has 0 bridgehead atoms. The molecule has 0 radical (unpaired) electrons. The number of hydrogen-bond acceptors (Lipinski definition) is 4. The van der Waals surface area contributed by atoms with E-state index in [1.54, 1.807) is 13.0 Å². The molecule has 12 heavy (non-hydrogen) atoms. The van der Waals surface area contributed by atoms with Crippen LogP contribution < -0.4 is 0 Å². The van der Waals surface area contributed by atoms with Crippen LogP contribution in [0.3, 0.4) is 0 Å². The van der Waals surface area contributed by atoms with Crippen molar-refractivity contribution in [1.82, 2.24) is 4.90 Å². The predicted octanol–water partition coefficient (Wildman–Crippen LogP) is 0.515. The third kappa shape index (κ3) is 3.01. The van der Waals surface area contributed by atoms with Gasteiger partial charge in [-0.3, -0.25) is 4.79 Å². The van der Waals surface area contributed by atoms with Crippen LogP contribution in [-0.2, 0) is 9.53 Å². The van der Waals surface area contributed by atoms with Gasteiger partial charge in [-0.25, -0.2) is 9.69 Å². The van der Waals surface area contributed by atoms with Crippen LogP contribution in [0.4, 0.5) is 4.79 Å². The van der Waals surface area contributed by atoms with Crippen molar-refractivity contribution in [2.24, 2.45) is 0 Å². The molecule has 0 N–H and O–H groups in total. The summed E-state index contributed by atoms with van der Waals surface area (Å²) < 4.78 is 4.53. The molecule has 2 amide bonds. The molecule has 0 aliphatic rings. The van der Waals surface area contributed by atoms with E-state index in [4.69, 9.17) is 5.26 Å². The first-order valence-electron chi connectivity index (χ1n) is 3.43. The maximum Gasteiger partial charge on any atom is 0.416 e. The lowest BCUT2D eigenvalue weighted by molar-refractivity contribution is -0.127. The molecule has 5 nitrogen and oxygen atoms in total. The molecule has 0 aromatic carbocycles. The number of rotatable bonds is 2. The summed E-state index contributed by atoms with van der Waals surface area (Å²) in [6, 6.07) is 1.65. The number of ether oxygens (including phenoxy) is 1. The van der Waals surface area contributed by atoms with E-state index in [1.165, 1.54) is 7.05 Å². The molecule has 0 aliphatic heterocycles. The smallest absolute Gasteiger partial charge is 0.416 e. The van der Waals surface area contributed by atoms with Crippen molar-refractivity contribution < 1.29 is 14.3 Å². The second-order valence-corrected chi connectivity index (χ2v) is 1.99. The summed E-state index contributed by atoms with van der Waals surface area (Å²) in [4.78, 5) is 22.5. The minimum absolute atomic E-state index is 0.211. The highest BCUT2D eigenvalue weighted by molar-refractivity contribution is 5.92. The second kappa shape index (κ2) is 5.13. The average Bonchev–Trinajstić information content (AvgIpc) is 2.04. The molecule has 0 saturated heterocycles. The van der Waals surface area contributed by atoms with Gasteiger partial charge in [0.1, 0.15) is 6.42 Å². The van der Waals surface area contributed by atoms with Crippen LogP contribution >= 0.6 is 0 Å². The van der Waals surface area contributed by atoms with E-state index < -0.39 is 12.0 Å². The molecule has 5 heteroatoms. The molecule has 0 saturated carbocycles. The molecular weight excluding hydrogens is 160 g/mol. The van der Waals surface area contributed by atoms with E-state index in [0.29, 0.717) is 0 Å². The van der Waals surface area contributed by atoms with Gasteiger partial charge in [0.2, 0.25) is 5.91 Å². The fourth-order valence-corrected chi connectivity index (χ4v) is 0.508. The normalized spacial score (nSPS) is 8.42. The highest BCUT2D eigenvalue weighted by atomic mass is 16.6. The molecule has 0 heterocycles. The Morgan fingerprint density at radius 3 is 2.58 bits per heavy atom. The number of carbonyl (C=O) groups excluding carboxylic acids is 2. The zero-order valence-corrected chi connectivity index (χ0v) is 7.03. The molecule has 0 spiro atoms. The fourth-order valence-electron chi connectivity index (χ4n) is 0.508. The molecule has 0 rings (SSSR count). The molecular formula is C7H10N2O3. The van der Waals surface area contributed by atoms with E-state index in [0.717, 1.165) is 4.90 Å². The van der Waals surface area contributed by atoms with E-state index in [2.05, 4.69) is 4.74 Å². The van der Waals surface area contributed by atoms with E-state index in [-0.39, 0.29) is 13.0 Å². The Hall–Kier alpha value is -1.57. The van der Waals surface area contributed by atoms with E-state index >= 15 is 0 Å². The highest BCUT2D eigenvalue weighted by Gasteiger charge is 2.16. The summed E-state index contributed by atoms with van der Waals surface area (Å²) in [5, 5.41) is 8.15. The molecule has 66 valence electrons. The van der Waals surface area contributed by atoms with Gasteiger partial charge in [-0.2, -0.15) is 5.26 Å². The summed E-state index contributed by atoms with van der Waals surface area (Å²) >= 11 is 0. The van der Waals surface area contributed by atoms with Crippen molar-refractivity contribution in [3.8, 4) is 6.07 Å². The Labute approximate surface area is 70.5 Å². The number of nitriles is 1. The van der Waals surface area contributed by atoms with Crippen LogP contribution in [0.2, 0.25) is 0 Å². The summed E-state index contributed by atoms with van der Waals surface area (Å²) in [5.41, 5.74) is 0. The molecule has 0 unspecified atom stereocenters. The lowest BCUT2D eigenvalue weighted by Crippen LogP contribution is -2.33. The maximum atomic E-state index is 10.9. The quantitative estimate of drug-likeness (QED) is 0.605. The first kappa shape index (κ1) is 10.4. The molecule has 0 aliphatic carbocycles. The largest absolute Gasteiger partial charge is 0.449 e. The van der Waals surface area contributed by atoms with Gasteiger partial charge in [-0.1, -0.05) is 0 Å². The minimum atomic E-state index is -0.724. The van der Waals surface area contributed by atoms with Gasteiger partial charge in [-0.05, 0) is 6.92 Å². The fraction of sp³-hybridized carbons (Fsp3) is 0.571. The van der Waals surface area contributed by atoms with Crippen molar-refractivity contribution in [3.63, 3.8) is 0 Å². The molecule has 0 atom stereocenters. The average molecular weight is 170 g/mol. The Morgan fingerprint density at radius 2 is 2.17 bits per heavy atom. The first-order valence-corrected chi connectivity index (χ1v) is 3.43. The van der Waals surface area contributed by atoms with Gasteiger partial charge in [0.15, 0.2) is 0 Å². The second-order valence-electron chi connectivity index (χ2n) is 1.99. The SMILES string of the molecule is CCOC(=O)N(C)C(=O)CC#N. The lowest BCUT2D eigenvalue weighted by Gasteiger charge is -2.12. The van der Waals surface area contributed by atoms with Crippen molar-refractivity contribution in [2.45, 2.75) is 13.3 Å². The van der Waals surface area contributed by atoms with E-state index in [1.807, 2.05) is 0 Å². The molecule has 0 aromatic rings. The van der Waals surface area contributed by atoms with Gasteiger partial charge < -0.3 is 4.74 Å². The zero-order valence-electron chi connectivity index (χ0n) is 7.03. The summed E-state index contributed by atoms with van der Waals surface area (Å²) in [6.45, 7) is 1.85. The van der Waals surface area contributed by atoms with Crippen molar-refractivity contribution in [1.29, 1.82) is 5.26 Å². The maximum absolute atomic E-state index is 10.9. The summed E-state index contributed by atoms with van der Waals surface area (Å²) in [7, 11) is 1.28. The van der Waals surface area contributed by atoms with Crippen LogP contribution in [0.25, 0.3) is 0 Å². The topological polar surface area (TPSA) is 70.4 Å². The Morgan fingerprint density at radius 1 is 1.58 bits per heavy atom. The van der Waals surface area contributed by atoms with Gasteiger partial charge in [0, 0.05) is 7.05 Å². The predicted molar refractivity (Wildman–Crippen MR) is 40.0 cm³/mol. The van der Waals surface area contributed by atoms with Gasteiger partial charge >= 0.3 is 6.09 Å². The molecule has 0 fully saturated rings. The Balaban J connectivity index is 4.02. The van der Waals surface area contributed by atoms with Gasteiger partial charge in [0.05, 0.1) is 12.7 Å². The first-order chi connectivity index (χ1) is 5.63. The summed E-state index contributed by atoms with van der Waals surface area (Å²) in [6.07, 6.45) is -1.03. The third-order valence-corrected chi connectivity index (χ3v) is 1.15. The van der Waals surface area contributed by atoms with Crippen molar-refractivity contribution >= 4 is 12.0 Å². The monoisotopic (exact) mass is 170 g/mol.